The van der Waals surface area contributed by atoms with E-state index in [9.17, 15) is 5.11 Å². The largest absolute Gasteiger partial charge is 0.507 e. The van der Waals surface area contributed by atoms with E-state index in [-0.39, 0.29) is 0 Å². The zero-order valence-corrected chi connectivity index (χ0v) is 10.3. The van der Waals surface area contributed by atoms with Gasteiger partial charge in [0.05, 0.1) is 4.47 Å². The van der Waals surface area contributed by atoms with Crippen molar-refractivity contribution in [2.75, 3.05) is 0 Å². The molecular formula is C10H6BrIO. The number of phenols is 1. The summed E-state index contributed by atoms with van der Waals surface area (Å²) in [5.74, 6) is 0.295. The molecular weight excluding hydrogens is 343 g/mol. The van der Waals surface area contributed by atoms with Crippen molar-refractivity contribution in [2.24, 2.45) is 0 Å². The van der Waals surface area contributed by atoms with E-state index in [2.05, 4.69) is 38.5 Å². The van der Waals surface area contributed by atoms with Crippen molar-refractivity contribution >= 4 is 49.3 Å². The summed E-state index contributed by atoms with van der Waals surface area (Å²) in [5, 5.41) is 11.8. The highest BCUT2D eigenvalue weighted by molar-refractivity contribution is 14.1. The van der Waals surface area contributed by atoms with Gasteiger partial charge in [-0.2, -0.15) is 0 Å². The molecule has 0 spiro atoms. The van der Waals surface area contributed by atoms with Crippen molar-refractivity contribution < 1.29 is 5.11 Å². The topological polar surface area (TPSA) is 20.2 Å². The minimum atomic E-state index is 0.295. The van der Waals surface area contributed by atoms with E-state index in [1.54, 1.807) is 6.07 Å². The van der Waals surface area contributed by atoms with E-state index in [1.165, 1.54) is 0 Å². The molecule has 0 saturated carbocycles. The fourth-order valence-corrected chi connectivity index (χ4v) is 2.51. The number of phenolic OH excluding ortho intramolecular Hbond substituents is 1. The van der Waals surface area contributed by atoms with E-state index in [0.717, 1.165) is 18.8 Å². The van der Waals surface area contributed by atoms with Gasteiger partial charge in [-0.15, -0.1) is 0 Å². The summed E-state index contributed by atoms with van der Waals surface area (Å²) >= 11 is 5.58. The van der Waals surface area contributed by atoms with Gasteiger partial charge in [0, 0.05) is 8.96 Å². The molecule has 0 unspecified atom stereocenters. The zero-order valence-electron chi connectivity index (χ0n) is 6.59. The minimum Gasteiger partial charge on any atom is -0.507 e. The lowest BCUT2D eigenvalue weighted by Gasteiger charge is -2.04. The van der Waals surface area contributed by atoms with E-state index < -0.39 is 0 Å². The molecule has 0 aliphatic rings. The Bertz CT molecular complexity index is 468. The number of fused-ring (bicyclic) bond motifs is 1. The highest BCUT2D eigenvalue weighted by atomic mass is 127. The van der Waals surface area contributed by atoms with Crippen LogP contribution in [-0.2, 0) is 0 Å². The number of aromatic hydroxyl groups is 1. The molecule has 2 rings (SSSR count). The third-order valence-corrected chi connectivity index (χ3v) is 3.64. The van der Waals surface area contributed by atoms with Crippen molar-refractivity contribution in [1.82, 2.24) is 0 Å². The summed E-state index contributed by atoms with van der Waals surface area (Å²) in [6.07, 6.45) is 0. The summed E-state index contributed by atoms with van der Waals surface area (Å²) < 4.78 is 1.83. The van der Waals surface area contributed by atoms with E-state index in [4.69, 9.17) is 0 Å². The molecule has 0 atom stereocenters. The SMILES string of the molecule is Oc1cc(I)c2ccccc2c1Br. The zero-order chi connectivity index (χ0) is 9.42. The van der Waals surface area contributed by atoms with Crippen LogP contribution in [0.25, 0.3) is 10.8 Å². The van der Waals surface area contributed by atoms with E-state index in [1.807, 2.05) is 24.3 Å². The minimum absolute atomic E-state index is 0.295. The molecule has 2 aromatic rings. The van der Waals surface area contributed by atoms with Crippen LogP contribution in [0.2, 0.25) is 0 Å². The molecule has 0 fully saturated rings. The molecule has 0 heterocycles. The first kappa shape index (κ1) is 9.27. The van der Waals surface area contributed by atoms with Crippen molar-refractivity contribution in [1.29, 1.82) is 0 Å². The Morgan fingerprint density at radius 3 is 2.46 bits per heavy atom. The van der Waals surface area contributed by atoms with Gasteiger partial charge >= 0.3 is 0 Å². The molecule has 1 nitrogen and oxygen atoms in total. The first-order valence-corrected chi connectivity index (χ1v) is 5.63. The maximum atomic E-state index is 9.55. The van der Waals surface area contributed by atoms with Crippen LogP contribution in [0.15, 0.2) is 34.8 Å². The fourth-order valence-electron chi connectivity index (χ4n) is 1.28. The summed E-state index contributed by atoms with van der Waals surface area (Å²) in [5.41, 5.74) is 0. The molecule has 0 amide bonds. The molecule has 13 heavy (non-hydrogen) atoms. The Morgan fingerprint density at radius 2 is 1.77 bits per heavy atom. The Kier molecular flexibility index (Phi) is 2.47. The third-order valence-electron chi connectivity index (χ3n) is 1.91. The second kappa shape index (κ2) is 3.46. The predicted molar refractivity (Wildman–Crippen MR) is 66.0 cm³/mol. The van der Waals surface area contributed by atoms with Crippen LogP contribution in [0.3, 0.4) is 0 Å². The Morgan fingerprint density at radius 1 is 1.15 bits per heavy atom. The Balaban J connectivity index is 2.97. The third kappa shape index (κ3) is 1.55. The molecule has 2 aromatic carbocycles. The average Bonchev–Trinajstić information content (AvgIpc) is 2.15. The molecule has 0 aromatic heterocycles. The van der Waals surface area contributed by atoms with E-state index >= 15 is 0 Å². The Labute approximate surface area is 98.0 Å². The number of benzene rings is 2. The summed E-state index contributed by atoms with van der Waals surface area (Å²) in [7, 11) is 0. The number of halogens is 2. The normalized spacial score (nSPS) is 10.6. The van der Waals surface area contributed by atoms with Gasteiger partial charge < -0.3 is 5.11 Å². The lowest BCUT2D eigenvalue weighted by molar-refractivity contribution is 0.472. The summed E-state index contributed by atoms with van der Waals surface area (Å²) in [6.45, 7) is 0. The fraction of sp³-hybridized carbons (Fsp3) is 0. The van der Waals surface area contributed by atoms with Crippen LogP contribution < -0.4 is 0 Å². The lowest BCUT2D eigenvalue weighted by Crippen LogP contribution is -1.80. The van der Waals surface area contributed by atoms with Gasteiger partial charge in [-0.05, 0) is 50.0 Å². The summed E-state index contributed by atoms with van der Waals surface area (Å²) in [4.78, 5) is 0. The molecule has 1 N–H and O–H groups in total. The molecule has 3 heteroatoms. The lowest BCUT2D eigenvalue weighted by atomic mass is 10.1. The number of hydrogen-bond donors (Lipinski definition) is 1. The van der Waals surface area contributed by atoms with Crippen LogP contribution >= 0.6 is 38.5 Å². The maximum Gasteiger partial charge on any atom is 0.131 e. The maximum absolute atomic E-state index is 9.55. The summed E-state index contributed by atoms with van der Waals surface area (Å²) in [6, 6.07) is 9.74. The molecule has 0 aliphatic carbocycles. The van der Waals surface area contributed by atoms with Crippen molar-refractivity contribution in [2.45, 2.75) is 0 Å². The quantitative estimate of drug-likeness (QED) is 0.715. The smallest absolute Gasteiger partial charge is 0.131 e. The van der Waals surface area contributed by atoms with Crippen molar-refractivity contribution in [3.63, 3.8) is 0 Å². The number of hydrogen-bond acceptors (Lipinski definition) is 1. The molecule has 0 radical (unpaired) electrons. The van der Waals surface area contributed by atoms with Gasteiger partial charge in [0.2, 0.25) is 0 Å². The van der Waals surface area contributed by atoms with Gasteiger partial charge in [-0.1, -0.05) is 24.3 Å². The first-order valence-electron chi connectivity index (χ1n) is 3.76. The first-order chi connectivity index (χ1) is 6.20. The van der Waals surface area contributed by atoms with Crippen molar-refractivity contribution in [3.05, 3.63) is 38.4 Å². The standard InChI is InChI=1S/C10H6BrIO/c11-10-7-4-2-1-3-6(7)8(12)5-9(10)13/h1-5,13H. The highest BCUT2D eigenvalue weighted by Gasteiger charge is 2.06. The van der Waals surface area contributed by atoms with Gasteiger partial charge in [-0.3, -0.25) is 0 Å². The Hall–Kier alpha value is -0.290. The second-order valence-corrected chi connectivity index (χ2v) is 4.69. The van der Waals surface area contributed by atoms with Crippen LogP contribution in [0, 0.1) is 3.57 Å². The average molecular weight is 349 g/mol. The molecule has 0 saturated heterocycles. The van der Waals surface area contributed by atoms with Crippen LogP contribution in [0.5, 0.6) is 5.75 Å². The van der Waals surface area contributed by atoms with Crippen molar-refractivity contribution in [3.8, 4) is 5.75 Å². The molecule has 0 bridgehead atoms. The van der Waals surface area contributed by atoms with Crippen LogP contribution in [-0.4, -0.2) is 5.11 Å². The second-order valence-electron chi connectivity index (χ2n) is 2.74. The molecule has 66 valence electrons. The van der Waals surface area contributed by atoms with E-state index in [0.29, 0.717) is 5.75 Å². The highest BCUT2D eigenvalue weighted by Crippen LogP contribution is 2.35. The monoisotopic (exact) mass is 348 g/mol. The van der Waals surface area contributed by atoms with Gasteiger partial charge in [-0.25, -0.2) is 0 Å². The van der Waals surface area contributed by atoms with Gasteiger partial charge in [0.15, 0.2) is 0 Å². The van der Waals surface area contributed by atoms with Gasteiger partial charge in [0.1, 0.15) is 5.75 Å². The van der Waals surface area contributed by atoms with Crippen LogP contribution in [0.1, 0.15) is 0 Å². The van der Waals surface area contributed by atoms with Crippen LogP contribution in [0.4, 0.5) is 0 Å². The number of rotatable bonds is 0. The van der Waals surface area contributed by atoms with Gasteiger partial charge in [0.25, 0.3) is 0 Å². The predicted octanol–water partition coefficient (Wildman–Crippen LogP) is 3.91. The molecule has 0 aliphatic heterocycles.